The third-order valence-electron chi connectivity index (χ3n) is 6.97. The third kappa shape index (κ3) is 10.7. The van der Waals surface area contributed by atoms with Gasteiger partial charge in [-0.1, -0.05) is 48.5 Å². The number of carboxylic acid groups (broad SMARTS) is 1. The maximum atomic E-state index is 13.5. The van der Waals surface area contributed by atoms with E-state index in [0.717, 1.165) is 10.9 Å². The number of rotatable bonds is 17. The summed E-state index contributed by atoms with van der Waals surface area (Å²) in [5.74, 6) is -4.64. The van der Waals surface area contributed by atoms with Gasteiger partial charge < -0.3 is 49.0 Å². The average molecular weight is 622 g/mol. The molecule has 0 saturated heterocycles. The van der Waals surface area contributed by atoms with Crippen molar-refractivity contribution in [3.05, 3.63) is 71.9 Å². The molecule has 0 aliphatic carbocycles. The first-order valence-corrected chi connectivity index (χ1v) is 14.3. The van der Waals surface area contributed by atoms with Crippen molar-refractivity contribution in [1.29, 1.82) is 0 Å². The number of H-pyrrole nitrogens is 1. The van der Waals surface area contributed by atoms with Gasteiger partial charge in [0.2, 0.25) is 23.6 Å². The lowest BCUT2D eigenvalue weighted by molar-refractivity contribution is -0.142. The van der Waals surface area contributed by atoms with Gasteiger partial charge in [0, 0.05) is 36.5 Å². The summed E-state index contributed by atoms with van der Waals surface area (Å²) in [6, 6.07) is 11.0. The highest BCUT2D eigenvalue weighted by Crippen LogP contribution is 2.19. The van der Waals surface area contributed by atoms with Gasteiger partial charge in [0.1, 0.15) is 18.1 Å². The molecule has 0 fully saturated rings. The molecular weight excluding hydrogens is 582 g/mol. The quantitative estimate of drug-likeness (QED) is 0.0494. The summed E-state index contributed by atoms with van der Waals surface area (Å²) >= 11 is 0. The molecule has 45 heavy (non-hydrogen) atoms. The van der Waals surface area contributed by atoms with Gasteiger partial charge in [-0.05, 0) is 30.0 Å². The van der Waals surface area contributed by atoms with Gasteiger partial charge in [-0.2, -0.15) is 0 Å². The Balaban J connectivity index is 1.76. The number of nitrogens with zero attached hydrogens (tertiary/aromatic N) is 1. The normalized spacial score (nSPS) is 13.5. The van der Waals surface area contributed by atoms with Crippen molar-refractivity contribution in [2.45, 2.75) is 56.3 Å². The molecule has 0 spiro atoms. The van der Waals surface area contributed by atoms with E-state index in [9.17, 15) is 29.1 Å². The molecule has 15 heteroatoms. The molecule has 2 aromatic carbocycles. The fourth-order valence-electron chi connectivity index (χ4n) is 4.66. The molecule has 0 saturated carbocycles. The first-order chi connectivity index (χ1) is 21.4. The van der Waals surface area contributed by atoms with Crippen LogP contribution in [-0.4, -0.2) is 76.4 Å². The number of hydrogen-bond donors (Lipinski definition) is 9. The summed E-state index contributed by atoms with van der Waals surface area (Å²) in [5, 5.41) is 18.3. The molecule has 3 aromatic rings. The van der Waals surface area contributed by atoms with E-state index in [2.05, 4.69) is 25.9 Å². The van der Waals surface area contributed by atoms with Gasteiger partial charge in [-0.25, -0.2) is 4.79 Å². The number of nitrogens with two attached hydrogens (primary N) is 4. The first kappa shape index (κ1) is 34.1. The lowest BCUT2D eigenvalue weighted by atomic mass is 10.0. The Labute approximate surface area is 259 Å². The highest BCUT2D eigenvalue weighted by atomic mass is 16.4. The van der Waals surface area contributed by atoms with Gasteiger partial charge >= 0.3 is 5.97 Å². The molecular formula is C30H39N9O6. The molecule has 240 valence electrons. The second kappa shape index (κ2) is 16.4. The number of guanidine groups is 1. The van der Waals surface area contributed by atoms with Crippen molar-refractivity contribution in [2.24, 2.45) is 27.9 Å². The Bertz CT molecular complexity index is 1520. The third-order valence-corrected chi connectivity index (χ3v) is 6.97. The van der Waals surface area contributed by atoms with Crippen molar-refractivity contribution in [1.82, 2.24) is 20.9 Å². The molecule has 1 aromatic heterocycles. The number of para-hydroxylation sites is 1. The van der Waals surface area contributed by atoms with Crippen LogP contribution in [0.25, 0.3) is 10.9 Å². The summed E-state index contributed by atoms with van der Waals surface area (Å²) in [4.78, 5) is 70.5. The summed E-state index contributed by atoms with van der Waals surface area (Å²) < 4.78 is 0. The Morgan fingerprint density at radius 1 is 0.800 bits per heavy atom. The molecule has 0 bridgehead atoms. The van der Waals surface area contributed by atoms with Crippen LogP contribution in [0.1, 0.15) is 30.4 Å². The van der Waals surface area contributed by atoms with E-state index in [1.54, 1.807) is 36.5 Å². The van der Waals surface area contributed by atoms with Gasteiger partial charge in [0.15, 0.2) is 5.96 Å². The molecule has 1 heterocycles. The SMILES string of the molecule is NC(=O)CC(NC(=O)C(N)CCCN=C(N)N)C(=O)NC(Cc1ccccc1)C(=O)NC(Cc1c[nH]c2ccccc12)C(=O)O. The molecule has 4 unspecified atom stereocenters. The second-order valence-corrected chi connectivity index (χ2v) is 10.5. The monoisotopic (exact) mass is 621 g/mol. The number of aromatic amines is 1. The van der Waals surface area contributed by atoms with E-state index in [1.165, 1.54) is 0 Å². The number of aliphatic imine (C=N–C) groups is 1. The molecule has 4 atom stereocenters. The zero-order valence-corrected chi connectivity index (χ0v) is 24.6. The predicted octanol–water partition coefficient (Wildman–Crippen LogP) is -1.25. The maximum absolute atomic E-state index is 13.5. The Morgan fingerprint density at radius 2 is 1.42 bits per heavy atom. The minimum Gasteiger partial charge on any atom is -0.480 e. The fourth-order valence-corrected chi connectivity index (χ4v) is 4.66. The predicted molar refractivity (Wildman–Crippen MR) is 167 cm³/mol. The van der Waals surface area contributed by atoms with Crippen LogP contribution in [-0.2, 0) is 36.8 Å². The zero-order valence-electron chi connectivity index (χ0n) is 24.6. The molecule has 3 rings (SSSR count). The fraction of sp³-hybridized carbons (Fsp3) is 0.333. The number of aliphatic carboxylic acids is 1. The minimum absolute atomic E-state index is 0.0145. The number of carboxylic acids is 1. The maximum Gasteiger partial charge on any atom is 0.326 e. The molecule has 0 radical (unpaired) electrons. The van der Waals surface area contributed by atoms with E-state index in [-0.39, 0.29) is 31.8 Å². The van der Waals surface area contributed by atoms with Crippen molar-refractivity contribution >= 4 is 46.5 Å². The first-order valence-electron chi connectivity index (χ1n) is 14.3. The standard InChI is InChI=1S/C30H39N9O6/c31-20(10-6-12-35-30(33)34)26(41)37-23(15-25(32)40)28(43)38-22(13-17-7-2-1-3-8-17)27(42)39-24(29(44)45)14-18-16-36-21-11-5-4-9-19(18)21/h1-5,7-9,11,16,20,22-24,36H,6,10,12-15,31H2,(H2,32,40)(H,37,41)(H,38,43)(H,39,42)(H,44,45)(H4,33,34,35). The number of aromatic nitrogens is 1. The highest BCUT2D eigenvalue weighted by Gasteiger charge is 2.31. The van der Waals surface area contributed by atoms with E-state index in [1.807, 2.05) is 24.3 Å². The molecule has 0 aliphatic rings. The van der Waals surface area contributed by atoms with E-state index in [4.69, 9.17) is 22.9 Å². The lowest BCUT2D eigenvalue weighted by Crippen LogP contribution is -2.58. The molecule has 13 N–H and O–H groups in total. The largest absolute Gasteiger partial charge is 0.480 e. The van der Waals surface area contributed by atoms with Crippen molar-refractivity contribution in [2.75, 3.05) is 6.54 Å². The Morgan fingerprint density at radius 3 is 2.09 bits per heavy atom. The van der Waals surface area contributed by atoms with Gasteiger partial charge in [-0.3, -0.25) is 24.2 Å². The van der Waals surface area contributed by atoms with E-state index in [0.29, 0.717) is 17.5 Å². The second-order valence-electron chi connectivity index (χ2n) is 10.5. The number of benzene rings is 2. The highest BCUT2D eigenvalue weighted by molar-refractivity contribution is 5.96. The topological polar surface area (TPSA) is 274 Å². The van der Waals surface area contributed by atoms with Crippen LogP contribution in [0.15, 0.2) is 65.8 Å². The minimum atomic E-state index is -1.45. The van der Waals surface area contributed by atoms with E-state index < -0.39 is 60.2 Å². The van der Waals surface area contributed by atoms with Crippen LogP contribution in [0, 0.1) is 0 Å². The lowest BCUT2D eigenvalue weighted by Gasteiger charge is -2.25. The van der Waals surface area contributed by atoms with Gasteiger partial charge in [-0.15, -0.1) is 0 Å². The van der Waals surface area contributed by atoms with Crippen LogP contribution in [0.3, 0.4) is 0 Å². The smallest absolute Gasteiger partial charge is 0.326 e. The molecule has 0 aliphatic heterocycles. The number of hydrogen-bond acceptors (Lipinski definition) is 7. The van der Waals surface area contributed by atoms with E-state index >= 15 is 0 Å². The van der Waals surface area contributed by atoms with Crippen LogP contribution >= 0.6 is 0 Å². The number of carbonyl (C=O) groups excluding carboxylic acids is 4. The van der Waals surface area contributed by atoms with Crippen molar-refractivity contribution < 1.29 is 29.1 Å². The number of fused-ring (bicyclic) bond motifs is 1. The van der Waals surface area contributed by atoms with Crippen LogP contribution in [0.2, 0.25) is 0 Å². The summed E-state index contributed by atoms with van der Waals surface area (Å²) in [7, 11) is 0. The van der Waals surface area contributed by atoms with Crippen molar-refractivity contribution in [3.8, 4) is 0 Å². The van der Waals surface area contributed by atoms with Crippen LogP contribution < -0.4 is 38.9 Å². The van der Waals surface area contributed by atoms with Crippen molar-refractivity contribution in [3.63, 3.8) is 0 Å². The Kier molecular flexibility index (Phi) is 12.4. The van der Waals surface area contributed by atoms with Gasteiger partial charge in [0.25, 0.3) is 0 Å². The molecule has 4 amide bonds. The molecule has 15 nitrogen and oxygen atoms in total. The van der Waals surface area contributed by atoms with Crippen LogP contribution in [0.4, 0.5) is 0 Å². The number of primary amides is 1. The summed E-state index contributed by atoms with van der Waals surface area (Å²) in [5.41, 5.74) is 24.0. The zero-order chi connectivity index (χ0) is 32.9. The average Bonchev–Trinajstić information content (AvgIpc) is 3.40. The van der Waals surface area contributed by atoms with Crippen LogP contribution in [0.5, 0.6) is 0 Å². The number of nitrogens with one attached hydrogen (secondary N) is 4. The number of amides is 4. The Hall–Kier alpha value is -5.44. The summed E-state index contributed by atoms with van der Waals surface area (Å²) in [6.07, 6.45) is 1.62. The van der Waals surface area contributed by atoms with Gasteiger partial charge in [0.05, 0.1) is 12.5 Å². The number of carbonyl (C=O) groups is 5. The summed E-state index contributed by atoms with van der Waals surface area (Å²) in [6.45, 7) is 0.239.